The van der Waals surface area contributed by atoms with Gasteiger partial charge in [-0.15, -0.1) is 0 Å². The van der Waals surface area contributed by atoms with Gasteiger partial charge in [0, 0.05) is 0 Å². The van der Waals surface area contributed by atoms with Gasteiger partial charge in [-0.05, 0) is 11.5 Å². The van der Waals surface area contributed by atoms with Crippen molar-refractivity contribution in [2.45, 2.75) is 13.8 Å². The normalized spacial score (nSPS) is 8.00. The lowest BCUT2D eigenvalue weighted by Gasteiger charge is -1.80. The average Bonchev–Trinajstić information content (AvgIpc) is 1.91. The lowest BCUT2D eigenvalue weighted by atomic mass is 10.8. The van der Waals surface area contributed by atoms with E-state index in [2.05, 4.69) is 13.8 Å². The molecule has 0 aliphatic heterocycles. The van der Waals surface area contributed by atoms with Crippen LogP contribution in [0.5, 0.6) is 0 Å². The van der Waals surface area contributed by atoms with Crippen LogP contribution in [0, 0.1) is 0 Å². The number of hydrogen-bond acceptors (Lipinski definition) is 3. The van der Waals surface area contributed by atoms with Gasteiger partial charge in [0.15, 0.2) is 0 Å². The first-order valence-electron chi connectivity index (χ1n) is 3.12. The van der Waals surface area contributed by atoms with Crippen molar-refractivity contribution in [2.75, 3.05) is 24.7 Å². The predicted molar refractivity (Wildman–Crippen MR) is 42.8 cm³/mol. The molecular formula is C6H16O2S. The highest BCUT2D eigenvalue weighted by atomic mass is 32.2. The van der Waals surface area contributed by atoms with E-state index in [1.54, 1.807) is 0 Å². The number of aliphatic hydroxyl groups is 2. The van der Waals surface area contributed by atoms with E-state index in [1.807, 2.05) is 11.8 Å². The van der Waals surface area contributed by atoms with Gasteiger partial charge in [-0.25, -0.2) is 0 Å². The van der Waals surface area contributed by atoms with Crippen LogP contribution in [0.4, 0.5) is 0 Å². The van der Waals surface area contributed by atoms with Gasteiger partial charge in [-0.1, -0.05) is 13.8 Å². The van der Waals surface area contributed by atoms with Crippen LogP contribution >= 0.6 is 11.8 Å². The third-order valence-corrected chi connectivity index (χ3v) is 1.32. The van der Waals surface area contributed by atoms with Crippen LogP contribution in [0.25, 0.3) is 0 Å². The van der Waals surface area contributed by atoms with Crippen molar-refractivity contribution >= 4 is 11.8 Å². The Morgan fingerprint density at radius 1 is 1.00 bits per heavy atom. The molecule has 3 heteroatoms. The third kappa shape index (κ3) is 30.4. The van der Waals surface area contributed by atoms with E-state index in [0.717, 1.165) is 0 Å². The molecule has 0 fully saturated rings. The van der Waals surface area contributed by atoms with E-state index in [1.165, 1.54) is 11.5 Å². The topological polar surface area (TPSA) is 40.5 Å². The van der Waals surface area contributed by atoms with Crippen LogP contribution in [-0.4, -0.2) is 34.9 Å². The van der Waals surface area contributed by atoms with Gasteiger partial charge >= 0.3 is 0 Å². The molecule has 0 aromatic heterocycles. The molecule has 0 spiro atoms. The molecule has 0 aromatic carbocycles. The molecule has 0 aliphatic carbocycles. The fourth-order valence-corrected chi connectivity index (χ4v) is 0.612. The fraction of sp³-hybridized carbons (Fsp3) is 1.00. The standard InChI is InChI=1S/C4H10S.C2H6O2/c1-3-5-4-2;3-1-2-4/h3-4H2,1-2H3;3-4H,1-2H2. The van der Waals surface area contributed by atoms with Gasteiger partial charge in [0.1, 0.15) is 0 Å². The second kappa shape index (κ2) is 15.7. The Hall–Kier alpha value is 0.270. The summed E-state index contributed by atoms with van der Waals surface area (Å²) >= 11 is 1.96. The van der Waals surface area contributed by atoms with Gasteiger partial charge in [-0.3, -0.25) is 0 Å². The second-order valence-electron chi connectivity index (χ2n) is 1.23. The summed E-state index contributed by atoms with van der Waals surface area (Å²) in [5, 5.41) is 15.2. The summed E-state index contributed by atoms with van der Waals surface area (Å²) in [5.41, 5.74) is 0. The zero-order chi connectivity index (χ0) is 7.54. The molecule has 0 unspecified atom stereocenters. The Morgan fingerprint density at radius 3 is 1.33 bits per heavy atom. The largest absolute Gasteiger partial charge is 0.394 e. The van der Waals surface area contributed by atoms with Crippen molar-refractivity contribution in [3.05, 3.63) is 0 Å². The van der Waals surface area contributed by atoms with Gasteiger partial charge in [0.25, 0.3) is 0 Å². The summed E-state index contributed by atoms with van der Waals surface area (Å²) < 4.78 is 0. The predicted octanol–water partition coefficient (Wildman–Crippen LogP) is 0.730. The van der Waals surface area contributed by atoms with Crippen LogP contribution in [0.15, 0.2) is 0 Å². The Morgan fingerprint density at radius 2 is 1.33 bits per heavy atom. The van der Waals surface area contributed by atoms with Crippen LogP contribution in [0.3, 0.4) is 0 Å². The smallest absolute Gasteiger partial charge is 0.0662 e. The number of hydrogen-bond donors (Lipinski definition) is 2. The first-order valence-corrected chi connectivity index (χ1v) is 4.28. The maximum absolute atomic E-state index is 7.62. The minimum Gasteiger partial charge on any atom is -0.394 e. The van der Waals surface area contributed by atoms with Crippen molar-refractivity contribution in [3.63, 3.8) is 0 Å². The first kappa shape index (κ1) is 12.0. The molecule has 2 N–H and O–H groups in total. The lowest BCUT2D eigenvalue weighted by Crippen LogP contribution is -1.85. The Labute approximate surface area is 61.3 Å². The molecule has 0 heterocycles. The van der Waals surface area contributed by atoms with E-state index in [9.17, 15) is 0 Å². The van der Waals surface area contributed by atoms with Crippen molar-refractivity contribution in [1.29, 1.82) is 0 Å². The summed E-state index contributed by atoms with van der Waals surface area (Å²) in [6.45, 7) is 4.10. The molecule has 2 nitrogen and oxygen atoms in total. The molecule has 0 saturated carbocycles. The molecule has 0 aromatic rings. The fourth-order valence-electron chi connectivity index (χ4n) is 0.204. The first-order chi connectivity index (χ1) is 4.33. The summed E-state index contributed by atoms with van der Waals surface area (Å²) in [5.74, 6) is 2.52. The van der Waals surface area contributed by atoms with Crippen LogP contribution in [0.2, 0.25) is 0 Å². The molecule has 0 radical (unpaired) electrons. The van der Waals surface area contributed by atoms with E-state index in [-0.39, 0.29) is 13.2 Å². The molecule has 0 rings (SSSR count). The molecule has 58 valence electrons. The van der Waals surface area contributed by atoms with Crippen molar-refractivity contribution in [2.24, 2.45) is 0 Å². The van der Waals surface area contributed by atoms with Crippen LogP contribution in [-0.2, 0) is 0 Å². The van der Waals surface area contributed by atoms with Gasteiger partial charge in [0.2, 0.25) is 0 Å². The highest BCUT2D eigenvalue weighted by Crippen LogP contribution is 1.93. The van der Waals surface area contributed by atoms with Gasteiger partial charge < -0.3 is 10.2 Å². The number of aliphatic hydroxyl groups excluding tert-OH is 2. The van der Waals surface area contributed by atoms with Crippen molar-refractivity contribution in [1.82, 2.24) is 0 Å². The monoisotopic (exact) mass is 152 g/mol. The number of rotatable bonds is 3. The Balaban J connectivity index is 0. The third-order valence-electron chi connectivity index (χ3n) is 0.508. The van der Waals surface area contributed by atoms with Crippen molar-refractivity contribution in [3.8, 4) is 0 Å². The van der Waals surface area contributed by atoms with E-state index >= 15 is 0 Å². The summed E-state index contributed by atoms with van der Waals surface area (Å²) in [6, 6.07) is 0. The molecule has 0 bridgehead atoms. The molecule has 0 atom stereocenters. The van der Waals surface area contributed by atoms with Crippen molar-refractivity contribution < 1.29 is 10.2 Å². The lowest BCUT2D eigenvalue weighted by molar-refractivity contribution is 0.186. The van der Waals surface area contributed by atoms with Crippen LogP contribution in [0.1, 0.15) is 13.8 Å². The van der Waals surface area contributed by atoms with E-state index in [4.69, 9.17) is 10.2 Å². The highest BCUT2D eigenvalue weighted by molar-refractivity contribution is 7.99. The van der Waals surface area contributed by atoms with Crippen LogP contribution < -0.4 is 0 Å². The highest BCUT2D eigenvalue weighted by Gasteiger charge is 1.67. The zero-order valence-corrected chi connectivity index (χ0v) is 6.95. The molecule has 0 aliphatic rings. The molecule has 0 saturated heterocycles. The van der Waals surface area contributed by atoms with Gasteiger partial charge in [-0.2, -0.15) is 11.8 Å². The quantitative estimate of drug-likeness (QED) is 0.626. The maximum Gasteiger partial charge on any atom is 0.0662 e. The maximum atomic E-state index is 7.62. The Kier molecular flexibility index (Phi) is 21.0. The molecule has 0 amide bonds. The number of thioether (sulfide) groups is 1. The molecular weight excluding hydrogens is 136 g/mol. The summed E-state index contributed by atoms with van der Waals surface area (Å²) in [4.78, 5) is 0. The summed E-state index contributed by atoms with van der Waals surface area (Å²) in [7, 11) is 0. The van der Waals surface area contributed by atoms with E-state index in [0.29, 0.717) is 0 Å². The Bertz CT molecular complexity index is 30.2. The minimum absolute atomic E-state index is 0.125. The SMILES string of the molecule is CCSCC.OCCO. The second-order valence-corrected chi connectivity index (χ2v) is 2.79. The average molecular weight is 152 g/mol. The zero-order valence-electron chi connectivity index (χ0n) is 6.13. The van der Waals surface area contributed by atoms with Gasteiger partial charge in [0.05, 0.1) is 13.2 Å². The summed E-state index contributed by atoms with van der Waals surface area (Å²) in [6.07, 6.45) is 0. The molecule has 9 heavy (non-hydrogen) atoms. The minimum atomic E-state index is -0.125. The van der Waals surface area contributed by atoms with E-state index < -0.39 is 0 Å².